The van der Waals surface area contributed by atoms with E-state index in [1.54, 1.807) is 0 Å². The summed E-state index contributed by atoms with van der Waals surface area (Å²) >= 11 is 0. The van der Waals surface area contributed by atoms with Crippen molar-refractivity contribution in [3.63, 3.8) is 0 Å². The van der Waals surface area contributed by atoms with Crippen LogP contribution >= 0.6 is 0 Å². The normalized spacial score (nSPS) is 8.92. The molecule has 0 saturated heterocycles. The maximum Gasteiger partial charge on any atom is 0.221 e. The minimum Gasteiger partial charge on any atom is -0.370 e. The fourth-order valence-electron chi connectivity index (χ4n) is 0.658. The molecule has 0 rings (SSSR count). The zero-order valence-corrected chi connectivity index (χ0v) is 7.21. The van der Waals surface area contributed by atoms with Gasteiger partial charge in [-0.1, -0.05) is 0 Å². The van der Waals surface area contributed by atoms with Gasteiger partial charge in [0.15, 0.2) is 0 Å². The van der Waals surface area contributed by atoms with E-state index in [0.717, 1.165) is 0 Å². The van der Waals surface area contributed by atoms with Gasteiger partial charge in [-0.25, -0.2) is 0 Å². The minimum atomic E-state index is -0.452. The van der Waals surface area contributed by atoms with Crippen LogP contribution in [0.4, 0.5) is 0 Å². The molecule has 6 heteroatoms. The second kappa shape index (κ2) is 7.08. The highest BCUT2D eigenvalue weighted by Crippen LogP contribution is 1.78. The fourth-order valence-corrected chi connectivity index (χ4v) is 0.658. The lowest BCUT2D eigenvalue weighted by molar-refractivity contribution is -0.121. The van der Waals surface area contributed by atoms with Gasteiger partial charge in [0.25, 0.3) is 0 Å². The summed E-state index contributed by atoms with van der Waals surface area (Å²) in [6.45, 7) is 0.543. The van der Waals surface area contributed by atoms with Gasteiger partial charge in [0.05, 0.1) is 0 Å². The van der Waals surface area contributed by atoms with E-state index in [1.165, 1.54) is 0 Å². The topological polar surface area (TPSA) is 101 Å². The zero-order chi connectivity index (χ0) is 10.1. The smallest absolute Gasteiger partial charge is 0.221 e. The highest BCUT2D eigenvalue weighted by molar-refractivity contribution is 5.78. The van der Waals surface area contributed by atoms with Crippen molar-refractivity contribution in [3.05, 3.63) is 0 Å². The van der Waals surface area contributed by atoms with Gasteiger partial charge in [-0.3, -0.25) is 14.4 Å². The van der Waals surface area contributed by atoms with Crippen molar-refractivity contribution < 1.29 is 14.4 Å². The zero-order valence-electron chi connectivity index (χ0n) is 7.21. The van der Waals surface area contributed by atoms with Crippen molar-refractivity contribution in [3.8, 4) is 0 Å². The molecular formula is C7H13N3O3. The molecule has 0 aliphatic rings. The fraction of sp³-hybridized carbons (Fsp3) is 0.571. The van der Waals surface area contributed by atoms with Crippen LogP contribution in [-0.2, 0) is 14.4 Å². The Labute approximate surface area is 75.9 Å². The third-order valence-electron chi connectivity index (χ3n) is 1.27. The maximum atomic E-state index is 10.9. The number of hydrogen-bond acceptors (Lipinski definition) is 3. The molecule has 6 nitrogen and oxygen atoms in total. The third-order valence-corrected chi connectivity index (χ3v) is 1.27. The molecule has 0 atom stereocenters. The van der Waals surface area contributed by atoms with Gasteiger partial charge in [-0.05, 0) is 0 Å². The van der Waals surface area contributed by atoms with Gasteiger partial charge >= 0.3 is 0 Å². The number of rotatable bonds is 7. The molecule has 0 saturated carbocycles. The predicted octanol–water partition coefficient (Wildman–Crippen LogP) is -1.89. The molecule has 74 valence electrons. The average Bonchev–Trinajstić information content (AvgIpc) is 2.04. The van der Waals surface area contributed by atoms with Crippen LogP contribution in [0.15, 0.2) is 0 Å². The molecule has 0 bridgehead atoms. The molecule has 0 radical (unpaired) electrons. The van der Waals surface area contributed by atoms with Gasteiger partial charge in [-0.2, -0.15) is 0 Å². The third kappa shape index (κ3) is 8.32. The lowest BCUT2D eigenvalue weighted by Crippen LogP contribution is -2.30. The van der Waals surface area contributed by atoms with E-state index in [1.807, 2.05) is 0 Å². The quantitative estimate of drug-likeness (QED) is 0.321. The van der Waals surface area contributed by atoms with Gasteiger partial charge < -0.3 is 16.4 Å². The molecule has 0 aromatic rings. The summed E-state index contributed by atoms with van der Waals surface area (Å²) in [6.07, 6.45) is 0.862. The number of primary amides is 1. The Hall–Kier alpha value is -1.59. The first-order chi connectivity index (χ1) is 6.16. The minimum absolute atomic E-state index is 0.132. The van der Waals surface area contributed by atoms with Crippen molar-refractivity contribution in [2.24, 2.45) is 5.73 Å². The van der Waals surface area contributed by atoms with Crippen LogP contribution in [0.5, 0.6) is 0 Å². The summed E-state index contributed by atoms with van der Waals surface area (Å²) in [5.74, 6) is -0.665. The second-order valence-corrected chi connectivity index (χ2v) is 2.39. The molecular weight excluding hydrogens is 174 g/mol. The van der Waals surface area contributed by atoms with Gasteiger partial charge in [0.1, 0.15) is 0 Å². The Morgan fingerprint density at radius 3 is 2.46 bits per heavy atom. The molecule has 0 heterocycles. The maximum absolute atomic E-state index is 10.9. The Bertz CT molecular complexity index is 193. The van der Waals surface area contributed by atoms with Gasteiger partial charge in [0.2, 0.25) is 18.2 Å². The average molecular weight is 187 g/mol. The second-order valence-electron chi connectivity index (χ2n) is 2.39. The number of nitrogens with two attached hydrogens (primary N) is 1. The van der Waals surface area contributed by atoms with E-state index >= 15 is 0 Å². The summed E-state index contributed by atoms with van der Waals surface area (Å²) in [7, 11) is 0. The van der Waals surface area contributed by atoms with Gasteiger partial charge in [-0.15, -0.1) is 0 Å². The summed E-state index contributed by atoms with van der Waals surface area (Å²) in [5.41, 5.74) is 4.85. The Morgan fingerprint density at radius 2 is 1.92 bits per heavy atom. The monoisotopic (exact) mass is 187 g/mol. The van der Waals surface area contributed by atoms with E-state index in [9.17, 15) is 14.4 Å². The van der Waals surface area contributed by atoms with E-state index in [2.05, 4.69) is 10.6 Å². The molecule has 13 heavy (non-hydrogen) atoms. The van der Waals surface area contributed by atoms with E-state index in [4.69, 9.17) is 5.73 Å². The molecule has 0 aromatic heterocycles. The van der Waals surface area contributed by atoms with E-state index in [-0.39, 0.29) is 25.3 Å². The summed E-state index contributed by atoms with van der Waals surface area (Å²) < 4.78 is 0. The van der Waals surface area contributed by atoms with Crippen molar-refractivity contribution in [1.29, 1.82) is 0 Å². The number of carbonyl (C=O) groups is 3. The van der Waals surface area contributed by atoms with E-state index < -0.39 is 5.91 Å². The first kappa shape index (κ1) is 11.4. The SMILES string of the molecule is NC(=O)CCNC(=O)CCNC=O. The number of amides is 3. The van der Waals surface area contributed by atoms with Crippen LogP contribution in [0, 0.1) is 0 Å². The van der Waals surface area contributed by atoms with Crippen LogP contribution in [0.25, 0.3) is 0 Å². The van der Waals surface area contributed by atoms with E-state index in [0.29, 0.717) is 13.0 Å². The first-order valence-corrected chi connectivity index (χ1v) is 3.89. The molecule has 0 aromatic carbocycles. The Kier molecular flexibility index (Phi) is 6.21. The molecule has 0 unspecified atom stereocenters. The highest BCUT2D eigenvalue weighted by atomic mass is 16.2. The highest BCUT2D eigenvalue weighted by Gasteiger charge is 2.00. The van der Waals surface area contributed by atoms with Crippen LogP contribution < -0.4 is 16.4 Å². The van der Waals surface area contributed by atoms with Crippen molar-refractivity contribution in [1.82, 2.24) is 10.6 Å². The largest absolute Gasteiger partial charge is 0.370 e. The number of nitrogens with one attached hydrogen (secondary N) is 2. The Morgan fingerprint density at radius 1 is 1.23 bits per heavy atom. The summed E-state index contributed by atoms with van der Waals surface area (Å²) in [5, 5.41) is 4.82. The molecule has 0 aliphatic carbocycles. The lowest BCUT2D eigenvalue weighted by Gasteiger charge is -2.02. The summed E-state index contributed by atoms with van der Waals surface area (Å²) in [6, 6.07) is 0. The lowest BCUT2D eigenvalue weighted by atomic mass is 10.3. The Balaban J connectivity index is 3.30. The standard InChI is InChI=1S/C7H13N3O3/c8-6(12)1-4-10-7(13)2-3-9-5-11/h5H,1-4H2,(H2,8,12)(H,9,11)(H,10,13). The number of carbonyl (C=O) groups excluding carboxylic acids is 3. The van der Waals surface area contributed by atoms with Crippen molar-refractivity contribution in [2.75, 3.05) is 13.1 Å². The predicted molar refractivity (Wildman–Crippen MR) is 45.5 cm³/mol. The van der Waals surface area contributed by atoms with Crippen LogP contribution in [-0.4, -0.2) is 31.3 Å². The molecule has 0 fully saturated rings. The van der Waals surface area contributed by atoms with Crippen LogP contribution in [0.1, 0.15) is 12.8 Å². The molecule has 3 amide bonds. The number of hydrogen-bond donors (Lipinski definition) is 3. The van der Waals surface area contributed by atoms with Crippen LogP contribution in [0.3, 0.4) is 0 Å². The van der Waals surface area contributed by atoms with Gasteiger partial charge in [0, 0.05) is 25.9 Å². The van der Waals surface area contributed by atoms with Crippen molar-refractivity contribution >= 4 is 18.2 Å². The van der Waals surface area contributed by atoms with Crippen LogP contribution in [0.2, 0.25) is 0 Å². The molecule has 0 spiro atoms. The molecule has 4 N–H and O–H groups in total. The molecule has 0 aliphatic heterocycles. The summed E-state index contributed by atoms with van der Waals surface area (Å²) in [4.78, 5) is 30.9. The first-order valence-electron chi connectivity index (χ1n) is 3.89. The van der Waals surface area contributed by atoms with Crippen molar-refractivity contribution in [2.45, 2.75) is 12.8 Å².